The molecule has 0 aliphatic rings. The third-order valence-electron chi connectivity index (χ3n) is 4.23. The van der Waals surface area contributed by atoms with Crippen molar-refractivity contribution in [2.75, 3.05) is 17.3 Å². The van der Waals surface area contributed by atoms with Crippen molar-refractivity contribution < 1.29 is 9.18 Å². The molecule has 2 aromatic carbocycles. The summed E-state index contributed by atoms with van der Waals surface area (Å²) in [4.78, 5) is 31.2. The van der Waals surface area contributed by atoms with Crippen molar-refractivity contribution in [3.8, 4) is 0 Å². The molecule has 0 saturated carbocycles. The van der Waals surface area contributed by atoms with Gasteiger partial charge in [-0.2, -0.15) is 0 Å². The molecule has 1 aromatic heterocycles. The SMILES string of the molecule is Cc1cc(=O)n(CC(=O)Nc2ccc(Cl)cc2F)c(N(C)Cc2ccccc2)n1. The number of hydrogen-bond donors (Lipinski definition) is 1. The van der Waals surface area contributed by atoms with E-state index in [0.717, 1.165) is 11.6 Å². The highest BCUT2D eigenvalue weighted by molar-refractivity contribution is 6.30. The van der Waals surface area contributed by atoms with Gasteiger partial charge in [-0.05, 0) is 30.7 Å². The molecule has 8 heteroatoms. The van der Waals surface area contributed by atoms with Gasteiger partial charge in [0, 0.05) is 30.4 Å². The van der Waals surface area contributed by atoms with Crippen LogP contribution in [0.15, 0.2) is 59.4 Å². The van der Waals surface area contributed by atoms with E-state index in [1.165, 1.54) is 22.8 Å². The van der Waals surface area contributed by atoms with Gasteiger partial charge in [-0.15, -0.1) is 0 Å². The lowest BCUT2D eigenvalue weighted by Crippen LogP contribution is -2.34. The summed E-state index contributed by atoms with van der Waals surface area (Å²) in [5.41, 5.74) is 1.21. The minimum Gasteiger partial charge on any atom is -0.341 e. The molecule has 29 heavy (non-hydrogen) atoms. The number of anilines is 2. The predicted molar refractivity (Wildman–Crippen MR) is 112 cm³/mol. The molecular weight excluding hydrogens is 395 g/mol. The first kappa shape index (κ1) is 20.5. The van der Waals surface area contributed by atoms with Gasteiger partial charge in [0.15, 0.2) is 0 Å². The molecule has 0 bridgehead atoms. The fourth-order valence-electron chi connectivity index (χ4n) is 2.90. The molecule has 1 amide bonds. The van der Waals surface area contributed by atoms with Crippen molar-refractivity contribution in [3.63, 3.8) is 0 Å². The van der Waals surface area contributed by atoms with E-state index in [2.05, 4.69) is 10.3 Å². The minimum atomic E-state index is -0.651. The zero-order chi connectivity index (χ0) is 21.0. The van der Waals surface area contributed by atoms with E-state index in [0.29, 0.717) is 18.2 Å². The number of nitrogens with one attached hydrogen (secondary N) is 1. The Morgan fingerprint density at radius 1 is 1.21 bits per heavy atom. The molecule has 150 valence electrons. The maximum Gasteiger partial charge on any atom is 0.255 e. The standard InChI is InChI=1S/C21H20ClFN4O2/c1-14-10-20(29)27(13-19(28)25-18-9-8-16(22)11-17(18)23)21(24-14)26(2)12-15-6-4-3-5-7-15/h3-11H,12-13H2,1-2H3,(H,25,28). The molecule has 0 aliphatic heterocycles. The lowest BCUT2D eigenvalue weighted by Gasteiger charge is -2.22. The summed E-state index contributed by atoms with van der Waals surface area (Å²) in [6, 6.07) is 15.0. The fraction of sp³-hybridized carbons (Fsp3) is 0.190. The Kier molecular flexibility index (Phi) is 6.29. The van der Waals surface area contributed by atoms with Gasteiger partial charge < -0.3 is 10.2 Å². The highest BCUT2D eigenvalue weighted by Crippen LogP contribution is 2.19. The van der Waals surface area contributed by atoms with Crippen LogP contribution in [0.2, 0.25) is 5.02 Å². The molecule has 3 rings (SSSR count). The maximum absolute atomic E-state index is 13.9. The summed E-state index contributed by atoms with van der Waals surface area (Å²) in [5, 5.41) is 2.69. The van der Waals surface area contributed by atoms with Crippen molar-refractivity contribution >= 4 is 29.1 Å². The van der Waals surface area contributed by atoms with E-state index in [1.54, 1.807) is 18.9 Å². The van der Waals surface area contributed by atoms with Crippen LogP contribution in [-0.2, 0) is 17.9 Å². The number of rotatable bonds is 6. The van der Waals surface area contributed by atoms with Gasteiger partial charge in [-0.3, -0.25) is 14.2 Å². The van der Waals surface area contributed by atoms with Crippen LogP contribution >= 0.6 is 11.6 Å². The summed E-state index contributed by atoms with van der Waals surface area (Å²) in [7, 11) is 1.79. The number of carbonyl (C=O) groups excluding carboxylic acids is 1. The topological polar surface area (TPSA) is 67.2 Å². The van der Waals surface area contributed by atoms with Gasteiger partial charge in [-0.25, -0.2) is 9.37 Å². The Labute approximate surface area is 172 Å². The lowest BCUT2D eigenvalue weighted by atomic mass is 10.2. The Balaban J connectivity index is 1.84. The van der Waals surface area contributed by atoms with Crippen LogP contribution < -0.4 is 15.8 Å². The largest absolute Gasteiger partial charge is 0.341 e. The highest BCUT2D eigenvalue weighted by Gasteiger charge is 2.16. The molecule has 0 atom stereocenters. The predicted octanol–water partition coefficient (Wildman–Crippen LogP) is 3.62. The second kappa shape index (κ2) is 8.87. The first-order chi connectivity index (χ1) is 13.8. The minimum absolute atomic E-state index is 0.00768. The van der Waals surface area contributed by atoms with Crippen LogP contribution in [-0.4, -0.2) is 22.5 Å². The molecule has 0 radical (unpaired) electrons. The van der Waals surface area contributed by atoms with Crippen LogP contribution in [0.5, 0.6) is 0 Å². The smallest absolute Gasteiger partial charge is 0.255 e. The second-order valence-electron chi connectivity index (χ2n) is 6.64. The number of hydrogen-bond acceptors (Lipinski definition) is 4. The molecule has 0 unspecified atom stereocenters. The maximum atomic E-state index is 13.9. The molecule has 0 fully saturated rings. The number of aryl methyl sites for hydroxylation is 1. The van der Waals surface area contributed by atoms with E-state index in [1.807, 2.05) is 30.3 Å². The highest BCUT2D eigenvalue weighted by atomic mass is 35.5. The van der Waals surface area contributed by atoms with Crippen molar-refractivity contribution in [1.29, 1.82) is 0 Å². The van der Waals surface area contributed by atoms with Gasteiger partial charge >= 0.3 is 0 Å². The molecule has 0 spiro atoms. The van der Waals surface area contributed by atoms with Crippen LogP contribution in [0.25, 0.3) is 0 Å². The molecule has 6 nitrogen and oxygen atoms in total. The average molecular weight is 415 g/mol. The van der Waals surface area contributed by atoms with E-state index < -0.39 is 11.7 Å². The first-order valence-electron chi connectivity index (χ1n) is 8.92. The summed E-state index contributed by atoms with van der Waals surface area (Å²) in [5.74, 6) is -0.847. The van der Waals surface area contributed by atoms with Gasteiger partial charge in [0.05, 0.1) is 5.69 Å². The lowest BCUT2D eigenvalue weighted by molar-refractivity contribution is -0.116. The van der Waals surface area contributed by atoms with Gasteiger partial charge in [-0.1, -0.05) is 41.9 Å². The quantitative estimate of drug-likeness (QED) is 0.669. The number of halogens is 2. The Bertz CT molecular complexity index is 1090. The third kappa shape index (κ3) is 5.20. The van der Waals surface area contributed by atoms with Gasteiger partial charge in [0.25, 0.3) is 5.56 Å². The van der Waals surface area contributed by atoms with Crippen molar-refractivity contribution in [3.05, 3.63) is 87.0 Å². The Morgan fingerprint density at radius 3 is 2.62 bits per heavy atom. The average Bonchev–Trinajstić information content (AvgIpc) is 2.66. The Hall–Kier alpha value is -3.19. The fourth-order valence-corrected chi connectivity index (χ4v) is 3.06. The van der Waals surface area contributed by atoms with Crippen molar-refractivity contribution in [2.24, 2.45) is 0 Å². The zero-order valence-electron chi connectivity index (χ0n) is 16.0. The van der Waals surface area contributed by atoms with E-state index in [-0.39, 0.29) is 22.8 Å². The Morgan fingerprint density at radius 2 is 1.93 bits per heavy atom. The van der Waals surface area contributed by atoms with E-state index in [4.69, 9.17) is 11.6 Å². The number of carbonyl (C=O) groups is 1. The molecular formula is C21H20ClFN4O2. The van der Waals surface area contributed by atoms with Crippen LogP contribution in [0.3, 0.4) is 0 Å². The summed E-state index contributed by atoms with van der Waals surface area (Å²) >= 11 is 5.73. The molecule has 0 saturated heterocycles. The monoisotopic (exact) mass is 414 g/mol. The van der Waals surface area contributed by atoms with E-state index >= 15 is 0 Å². The normalized spacial score (nSPS) is 10.6. The van der Waals surface area contributed by atoms with E-state index in [9.17, 15) is 14.0 Å². The number of benzene rings is 2. The van der Waals surface area contributed by atoms with Gasteiger partial charge in [0.2, 0.25) is 11.9 Å². The third-order valence-corrected chi connectivity index (χ3v) is 4.46. The van der Waals surface area contributed by atoms with Gasteiger partial charge in [0.1, 0.15) is 12.4 Å². The number of amides is 1. The zero-order valence-corrected chi connectivity index (χ0v) is 16.8. The van der Waals surface area contributed by atoms with Crippen LogP contribution in [0.4, 0.5) is 16.0 Å². The van der Waals surface area contributed by atoms with Crippen LogP contribution in [0, 0.1) is 12.7 Å². The van der Waals surface area contributed by atoms with Crippen molar-refractivity contribution in [2.45, 2.75) is 20.0 Å². The number of nitrogens with zero attached hydrogens (tertiary/aromatic N) is 3. The molecule has 1 heterocycles. The molecule has 0 aliphatic carbocycles. The molecule has 1 N–H and O–H groups in total. The number of aromatic nitrogens is 2. The summed E-state index contributed by atoms with van der Waals surface area (Å²) < 4.78 is 15.2. The molecule has 3 aromatic rings. The van der Waals surface area contributed by atoms with Crippen molar-refractivity contribution in [1.82, 2.24) is 9.55 Å². The van der Waals surface area contributed by atoms with Crippen LogP contribution in [0.1, 0.15) is 11.3 Å². The summed E-state index contributed by atoms with van der Waals surface area (Å²) in [6.45, 7) is 1.92. The second-order valence-corrected chi connectivity index (χ2v) is 7.07. The summed E-state index contributed by atoms with van der Waals surface area (Å²) in [6.07, 6.45) is 0. The first-order valence-corrected chi connectivity index (χ1v) is 9.30.